The number of hydrogen-bond acceptors (Lipinski definition) is 3. The molecule has 0 saturated carbocycles. The minimum absolute atomic E-state index is 0.0661. The van der Waals surface area contributed by atoms with Crippen molar-refractivity contribution in [2.75, 3.05) is 6.61 Å². The highest BCUT2D eigenvalue weighted by molar-refractivity contribution is 5.69. The molecule has 4 nitrogen and oxygen atoms in total. The third-order valence-corrected chi connectivity index (χ3v) is 5.12. The van der Waals surface area contributed by atoms with Gasteiger partial charge >= 0.3 is 11.9 Å². The Morgan fingerprint density at radius 2 is 1.38 bits per heavy atom. The van der Waals surface area contributed by atoms with E-state index in [-0.39, 0.29) is 17.8 Å². The van der Waals surface area contributed by atoms with Crippen LogP contribution in [0.1, 0.15) is 104 Å². The molecule has 0 aliphatic carbocycles. The zero-order chi connectivity index (χ0) is 18.3. The summed E-state index contributed by atoms with van der Waals surface area (Å²) in [4.78, 5) is 22.3. The van der Waals surface area contributed by atoms with Crippen molar-refractivity contribution >= 4 is 11.9 Å². The van der Waals surface area contributed by atoms with Gasteiger partial charge in [-0.25, -0.2) is 0 Å². The van der Waals surface area contributed by atoms with Crippen molar-refractivity contribution in [1.82, 2.24) is 0 Å². The summed E-state index contributed by atoms with van der Waals surface area (Å²) in [5, 5.41) is 8.56. The number of unbranched alkanes of at least 4 members (excludes halogenated alkanes) is 6. The first-order chi connectivity index (χ1) is 11.5. The highest BCUT2D eigenvalue weighted by atomic mass is 16.5. The molecular weight excluding hydrogens is 304 g/mol. The van der Waals surface area contributed by atoms with Gasteiger partial charge in [-0.05, 0) is 32.1 Å². The first kappa shape index (κ1) is 22.9. The van der Waals surface area contributed by atoms with Gasteiger partial charge in [-0.1, -0.05) is 59.3 Å². The average Bonchev–Trinajstić information content (AvgIpc) is 2.58. The number of carbonyl (C=O) groups is 2. The molecule has 142 valence electrons. The normalized spacial score (nSPS) is 11.5. The maximum Gasteiger partial charge on any atom is 0.305 e. The van der Waals surface area contributed by atoms with Crippen LogP contribution >= 0.6 is 0 Å². The minimum atomic E-state index is -0.716. The van der Waals surface area contributed by atoms with E-state index in [0.29, 0.717) is 13.0 Å². The molecule has 0 fully saturated rings. The number of aliphatic carboxylic acids is 1. The van der Waals surface area contributed by atoms with Crippen molar-refractivity contribution in [2.45, 2.75) is 104 Å². The number of carboxylic acid groups (broad SMARTS) is 1. The Morgan fingerprint density at radius 1 is 0.833 bits per heavy atom. The third-order valence-electron chi connectivity index (χ3n) is 5.12. The summed E-state index contributed by atoms with van der Waals surface area (Å²) in [5.41, 5.74) is 0.163. The number of rotatable bonds is 16. The lowest BCUT2D eigenvalue weighted by molar-refractivity contribution is -0.148. The van der Waals surface area contributed by atoms with Gasteiger partial charge in [-0.15, -0.1) is 0 Å². The van der Waals surface area contributed by atoms with E-state index in [1.165, 1.54) is 12.8 Å². The van der Waals surface area contributed by atoms with Gasteiger partial charge in [0.25, 0.3) is 0 Å². The van der Waals surface area contributed by atoms with Gasteiger partial charge in [0, 0.05) is 18.3 Å². The van der Waals surface area contributed by atoms with E-state index in [1.807, 2.05) is 0 Å². The van der Waals surface area contributed by atoms with Crippen molar-refractivity contribution in [1.29, 1.82) is 0 Å². The molecule has 0 aliphatic heterocycles. The number of esters is 1. The molecule has 0 aliphatic rings. The highest BCUT2D eigenvalue weighted by Crippen LogP contribution is 2.33. The van der Waals surface area contributed by atoms with Gasteiger partial charge in [0.2, 0.25) is 0 Å². The summed E-state index contributed by atoms with van der Waals surface area (Å²) >= 11 is 0. The Bertz CT molecular complexity index is 335. The van der Waals surface area contributed by atoms with Crippen molar-refractivity contribution in [3.63, 3.8) is 0 Å². The van der Waals surface area contributed by atoms with Crippen molar-refractivity contribution < 1.29 is 19.4 Å². The van der Waals surface area contributed by atoms with Gasteiger partial charge in [0.05, 0.1) is 6.61 Å². The summed E-state index contributed by atoms with van der Waals surface area (Å²) in [5.74, 6) is -0.782. The lowest BCUT2D eigenvalue weighted by Crippen LogP contribution is -2.27. The predicted molar refractivity (Wildman–Crippen MR) is 98.1 cm³/mol. The van der Waals surface area contributed by atoms with Gasteiger partial charge in [-0.3, -0.25) is 9.59 Å². The summed E-state index contributed by atoms with van der Waals surface area (Å²) in [7, 11) is 0. The fourth-order valence-corrected chi connectivity index (χ4v) is 2.99. The molecular formula is C20H38O4. The van der Waals surface area contributed by atoms with E-state index in [0.717, 1.165) is 57.8 Å². The molecule has 0 amide bonds. The minimum Gasteiger partial charge on any atom is -0.481 e. The second kappa shape index (κ2) is 14.3. The molecule has 4 heteroatoms. The van der Waals surface area contributed by atoms with E-state index in [2.05, 4.69) is 20.8 Å². The molecule has 0 bridgehead atoms. The first-order valence-electron chi connectivity index (χ1n) is 9.87. The van der Waals surface area contributed by atoms with Crippen LogP contribution in [-0.2, 0) is 14.3 Å². The fourth-order valence-electron chi connectivity index (χ4n) is 2.99. The largest absolute Gasteiger partial charge is 0.481 e. The zero-order valence-corrected chi connectivity index (χ0v) is 16.1. The molecule has 0 aromatic carbocycles. The van der Waals surface area contributed by atoms with Crippen LogP contribution in [0, 0.1) is 5.41 Å². The Balaban J connectivity index is 3.75. The molecule has 0 heterocycles. The monoisotopic (exact) mass is 342 g/mol. The van der Waals surface area contributed by atoms with E-state index < -0.39 is 5.97 Å². The van der Waals surface area contributed by atoms with Crippen LogP contribution < -0.4 is 0 Å². The second-order valence-electron chi connectivity index (χ2n) is 6.99. The summed E-state index contributed by atoms with van der Waals surface area (Å²) in [6.45, 7) is 7.15. The van der Waals surface area contributed by atoms with Crippen LogP contribution in [0.3, 0.4) is 0 Å². The van der Waals surface area contributed by atoms with Crippen molar-refractivity contribution in [3.05, 3.63) is 0 Å². The average molecular weight is 343 g/mol. The number of carbonyl (C=O) groups excluding carboxylic acids is 1. The summed E-state index contributed by atoms with van der Waals surface area (Å²) in [6.07, 6.45) is 12.1. The molecule has 0 unspecified atom stereocenters. The standard InChI is InChI=1S/C20H38O4/c1-4-7-16-20(5-2,6-3)17-24-19(23)15-13-11-9-8-10-12-14-18(21)22/h4-17H2,1-3H3,(H,21,22). The molecule has 0 radical (unpaired) electrons. The summed E-state index contributed by atoms with van der Waals surface area (Å²) in [6, 6.07) is 0. The smallest absolute Gasteiger partial charge is 0.305 e. The Labute approximate surface area is 148 Å². The molecule has 0 aromatic rings. The Morgan fingerprint density at radius 3 is 1.88 bits per heavy atom. The van der Waals surface area contributed by atoms with E-state index >= 15 is 0 Å². The summed E-state index contributed by atoms with van der Waals surface area (Å²) < 4.78 is 5.55. The van der Waals surface area contributed by atoms with Crippen LogP contribution in [-0.4, -0.2) is 23.7 Å². The molecule has 0 atom stereocenters. The van der Waals surface area contributed by atoms with Gasteiger partial charge in [0.15, 0.2) is 0 Å². The first-order valence-corrected chi connectivity index (χ1v) is 9.87. The molecule has 0 rings (SSSR count). The third kappa shape index (κ3) is 11.5. The lowest BCUT2D eigenvalue weighted by Gasteiger charge is -2.31. The fraction of sp³-hybridized carbons (Fsp3) is 0.900. The molecule has 1 N–H and O–H groups in total. The molecule has 0 spiro atoms. The second-order valence-corrected chi connectivity index (χ2v) is 6.99. The van der Waals surface area contributed by atoms with E-state index in [9.17, 15) is 9.59 Å². The Kier molecular flexibility index (Phi) is 13.7. The van der Waals surface area contributed by atoms with Crippen LogP contribution in [0.4, 0.5) is 0 Å². The van der Waals surface area contributed by atoms with E-state index in [1.54, 1.807) is 0 Å². The number of carboxylic acids is 1. The highest BCUT2D eigenvalue weighted by Gasteiger charge is 2.27. The SMILES string of the molecule is CCCCC(CC)(CC)COC(=O)CCCCCCCCC(=O)O. The van der Waals surface area contributed by atoms with E-state index in [4.69, 9.17) is 9.84 Å². The van der Waals surface area contributed by atoms with Gasteiger partial charge in [0.1, 0.15) is 0 Å². The van der Waals surface area contributed by atoms with Crippen molar-refractivity contribution in [2.24, 2.45) is 5.41 Å². The van der Waals surface area contributed by atoms with Gasteiger partial charge in [-0.2, -0.15) is 0 Å². The molecule has 0 aromatic heterocycles. The van der Waals surface area contributed by atoms with Crippen LogP contribution in [0.2, 0.25) is 0 Å². The molecule has 0 saturated heterocycles. The van der Waals surface area contributed by atoms with Crippen LogP contribution in [0.25, 0.3) is 0 Å². The zero-order valence-electron chi connectivity index (χ0n) is 16.1. The maximum absolute atomic E-state index is 11.9. The van der Waals surface area contributed by atoms with Crippen molar-refractivity contribution in [3.8, 4) is 0 Å². The van der Waals surface area contributed by atoms with Crippen LogP contribution in [0.5, 0.6) is 0 Å². The molecule has 24 heavy (non-hydrogen) atoms. The topological polar surface area (TPSA) is 63.6 Å². The Hall–Kier alpha value is -1.06. The van der Waals surface area contributed by atoms with Crippen LogP contribution in [0.15, 0.2) is 0 Å². The number of ether oxygens (including phenoxy) is 1. The lowest BCUT2D eigenvalue weighted by atomic mass is 9.78. The number of hydrogen-bond donors (Lipinski definition) is 1. The quantitative estimate of drug-likeness (QED) is 0.287. The predicted octanol–water partition coefficient (Wildman–Crippen LogP) is 5.73. The van der Waals surface area contributed by atoms with Gasteiger partial charge < -0.3 is 9.84 Å². The maximum atomic E-state index is 11.9.